The zero-order valence-electron chi connectivity index (χ0n) is 25.0. The summed E-state index contributed by atoms with van der Waals surface area (Å²) in [6, 6.07) is 0.976. The monoisotopic (exact) mass is 572 g/mol. The molecular weight excluding hydrogens is 524 g/mol. The zero-order valence-corrected chi connectivity index (χ0v) is 26.0. The van der Waals surface area contributed by atoms with Crippen LogP contribution in [0.3, 0.4) is 0 Å². The van der Waals surface area contributed by atoms with Crippen LogP contribution in [0.2, 0.25) is 18.1 Å². The van der Waals surface area contributed by atoms with Gasteiger partial charge in [0.05, 0.1) is 23.3 Å². The molecule has 0 radical (unpaired) electrons. The predicted molar refractivity (Wildman–Crippen MR) is 157 cm³/mol. The van der Waals surface area contributed by atoms with E-state index in [0.29, 0.717) is 38.3 Å². The molecule has 0 aliphatic carbocycles. The first-order valence-corrected chi connectivity index (χ1v) is 18.3. The quantitative estimate of drug-likeness (QED) is 0.472. The number of carbonyl (C=O) groups is 1. The van der Waals surface area contributed by atoms with Gasteiger partial charge in [0.15, 0.2) is 8.32 Å². The number of piperazine rings is 1. The number of nitrogens with zero attached hydrogens (tertiary/aromatic N) is 5. The number of carboxylic acid groups (broad SMARTS) is 1. The van der Waals surface area contributed by atoms with Gasteiger partial charge in [0, 0.05) is 37.8 Å². The van der Waals surface area contributed by atoms with Gasteiger partial charge in [-0.25, -0.2) is 4.79 Å². The summed E-state index contributed by atoms with van der Waals surface area (Å²) in [7, 11) is -1.79. The van der Waals surface area contributed by atoms with Crippen LogP contribution in [-0.4, -0.2) is 102 Å². The molecule has 6 heterocycles. The van der Waals surface area contributed by atoms with Gasteiger partial charge in [-0.3, -0.25) is 9.80 Å². The third-order valence-corrected chi connectivity index (χ3v) is 15.3. The van der Waals surface area contributed by atoms with Crippen molar-refractivity contribution >= 4 is 20.2 Å². The lowest BCUT2D eigenvalue weighted by Gasteiger charge is -2.41. The molecule has 5 aliphatic heterocycles. The molecule has 0 aromatic carbocycles. The van der Waals surface area contributed by atoms with Gasteiger partial charge in [-0.2, -0.15) is 9.97 Å². The van der Waals surface area contributed by atoms with Crippen molar-refractivity contribution in [3.63, 3.8) is 0 Å². The van der Waals surface area contributed by atoms with Crippen LogP contribution in [0, 0.1) is 0 Å². The summed E-state index contributed by atoms with van der Waals surface area (Å²) in [6.45, 7) is 17.1. The number of anilines is 1. The fourth-order valence-corrected chi connectivity index (χ4v) is 8.58. The molecule has 10 nitrogen and oxygen atoms in total. The number of fused-ring (bicyclic) bond motifs is 4. The first-order valence-electron chi connectivity index (χ1n) is 15.4. The standard InChI is InChI=1S/C29H48N6O4Si/c1-28(2,3)40(4,5)39-18-22-9-12-29(11-6-14-34(22)29)19-38-26-31-24-15-30-13-10-23(24)25(32-26)33-16-20-7-8-21(17-33)35(20)27(36)37/h20-22,30H,6-19H2,1-5H3,(H,36,37)/t20-,21+,22-,29-/m1/s1. The van der Waals surface area contributed by atoms with Crippen LogP contribution in [0.1, 0.15) is 70.6 Å². The number of aromatic nitrogens is 2. The second-order valence-electron chi connectivity index (χ2n) is 14.2. The molecule has 4 saturated heterocycles. The largest absolute Gasteiger partial charge is 0.465 e. The van der Waals surface area contributed by atoms with Crippen LogP contribution in [0.4, 0.5) is 10.6 Å². The number of nitrogens with one attached hydrogen (secondary N) is 1. The van der Waals surface area contributed by atoms with Crippen LogP contribution in [0.25, 0.3) is 0 Å². The molecule has 5 aliphatic rings. The highest BCUT2D eigenvalue weighted by Gasteiger charge is 2.51. The van der Waals surface area contributed by atoms with Gasteiger partial charge in [-0.15, -0.1) is 0 Å². The topological polar surface area (TPSA) is 103 Å². The molecule has 0 unspecified atom stereocenters. The Balaban J connectivity index is 1.17. The molecule has 40 heavy (non-hydrogen) atoms. The van der Waals surface area contributed by atoms with Crippen molar-refractivity contribution < 1.29 is 19.1 Å². The van der Waals surface area contributed by atoms with Crippen molar-refractivity contribution in [3.8, 4) is 6.01 Å². The first kappa shape index (κ1) is 28.2. The van der Waals surface area contributed by atoms with E-state index >= 15 is 0 Å². The maximum atomic E-state index is 11.8. The summed E-state index contributed by atoms with van der Waals surface area (Å²) in [5.41, 5.74) is 2.25. The molecule has 2 N–H and O–H groups in total. The average molecular weight is 573 g/mol. The number of rotatable bonds is 7. The van der Waals surface area contributed by atoms with Crippen molar-refractivity contribution in [2.45, 2.75) is 114 Å². The van der Waals surface area contributed by atoms with Gasteiger partial charge < -0.3 is 24.5 Å². The highest BCUT2D eigenvalue weighted by atomic mass is 28.4. The highest BCUT2D eigenvalue weighted by molar-refractivity contribution is 6.74. The zero-order chi connectivity index (χ0) is 28.3. The Labute approximate surface area is 239 Å². The molecule has 4 fully saturated rings. The number of hydrogen-bond donors (Lipinski definition) is 2. The third-order valence-electron chi connectivity index (χ3n) is 10.8. The molecular formula is C29H48N6O4Si. The molecule has 0 saturated carbocycles. The fourth-order valence-electron chi connectivity index (χ4n) is 7.54. The van der Waals surface area contributed by atoms with Crippen molar-refractivity contribution in [1.29, 1.82) is 0 Å². The lowest BCUT2D eigenvalue weighted by Crippen LogP contribution is -2.56. The van der Waals surface area contributed by atoms with Crippen LogP contribution in [0.15, 0.2) is 0 Å². The molecule has 1 aromatic rings. The minimum Gasteiger partial charge on any atom is -0.465 e. The van der Waals surface area contributed by atoms with Crippen LogP contribution in [0.5, 0.6) is 6.01 Å². The smallest absolute Gasteiger partial charge is 0.407 e. The van der Waals surface area contributed by atoms with E-state index in [1.165, 1.54) is 12.0 Å². The van der Waals surface area contributed by atoms with Gasteiger partial charge >= 0.3 is 12.1 Å². The molecule has 11 heteroatoms. The van der Waals surface area contributed by atoms with E-state index in [0.717, 1.165) is 69.7 Å². The van der Waals surface area contributed by atoms with E-state index in [1.54, 1.807) is 4.90 Å². The normalized spacial score (nSPS) is 30.5. The Morgan fingerprint density at radius 1 is 1.15 bits per heavy atom. The Bertz CT molecular complexity index is 1110. The highest BCUT2D eigenvalue weighted by Crippen LogP contribution is 2.44. The van der Waals surface area contributed by atoms with Gasteiger partial charge in [-0.05, 0) is 76.2 Å². The minimum absolute atomic E-state index is 0.0304. The predicted octanol–water partition coefficient (Wildman–Crippen LogP) is 3.85. The summed E-state index contributed by atoms with van der Waals surface area (Å²) < 4.78 is 13.2. The van der Waals surface area contributed by atoms with E-state index in [2.05, 4.69) is 49.0 Å². The molecule has 0 spiro atoms. The summed E-state index contributed by atoms with van der Waals surface area (Å²) in [5.74, 6) is 0.955. The SMILES string of the molecule is CC(C)(C)[Si](C)(C)OC[C@H]1CC[C@@]2(COc3nc4c(c(N5C[C@H]6CC[C@@H](C5)N6C(=O)O)n3)CCNC4)CCCN12. The van der Waals surface area contributed by atoms with Crippen molar-refractivity contribution in [2.24, 2.45) is 0 Å². The first-order chi connectivity index (χ1) is 19.0. The molecule has 1 amide bonds. The van der Waals surface area contributed by atoms with Crippen molar-refractivity contribution in [3.05, 3.63) is 11.3 Å². The Hall–Kier alpha value is -1.95. The van der Waals surface area contributed by atoms with Gasteiger partial charge in [0.1, 0.15) is 12.4 Å². The summed E-state index contributed by atoms with van der Waals surface area (Å²) in [5, 5.41) is 13.4. The van der Waals surface area contributed by atoms with Crippen LogP contribution in [-0.2, 0) is 17.4 Å². The van der Waals surface area contributed by atoms with E-state index in [9.17, 15) is 9.90 Å². The second-order valence-corrected chi connectivity index (χ2v) is 19.0. The van der Waals surface area contributed by atoms with Crippen LogP contribution >= 0.6 is 0 Å². The van der Waals surface area contributed by atoms with E-state index in [1.807, 2.05) is 0 Å². The molecule has 2 bridgehead atoms. The molecule has 222 valence electrons. The average Bonchev–Trinajstić information content (AvgIpc) is 3.55. The molecule has 4 atom stereocenters. The Morgan fingerprint density at radius 2 is 1.90 bits per heavy atom. The van der Waals surface area contributed by atoms with Gasteiger partial charge in [-0.1, -0.05) is 20.8 Å². The number of hydrogen-bond acceptors (Lipinski definition) is 8. The van der Waals surface area contributed by atoms with E-state index in [4.69, 9.17) is 19.1 Å². The van der Waals surface area contributed by atoms with E-state index < -0.39 is 14.4 Å². The van der Waals surface area contributed by atoms with Crippen LogP contribution < -0.4 is 15.0 Å². The molecule has 1 aromatic heterocycles. The maximum Gasteiger partial charge on any atom is 0.407 e. The maximum absolute atomic E-state index is 11.8. The minimum atomic E-state index is -1.79. The number of amides is 1. The second kappa shape index (κ2) is 10.4. The fraction of sp³-hybridized carbons (Fsp3) is 0.828. The van der Waals surface area contributed by atoms with Crippen molar-refractivity contribution in [2.75, 3.05) is 44.3 Å². The Morgan fingerprint density at radius 3 is 2.60 bits per heavy atom. The Kier molecular flexibility index (Phi) is 7.32. The molecule has 6 rings (SSSR count). The summed E-state index contributed by atoms with van der Waals surface area (Å²) in [6.07, 6.45) is 6.53. The van der Waals surface area contributed by atoms with Crippen molar-refractivity contribution in [1.82, 2.24) is 25.1 Å². The number of ether oxygens (including phenoxy) is 1. The van der Waals surface area contributed by atoms with Gasteiger partial charge in [0.25, 0.3) is 0 Å². The lowest BCUT2D eigenvalue weighted by molar-refractivity contribution is 0.0660. The van der Waals surface area contributed by atoms with E-state index in [-0.39, 0.29) is 22.7 Å². The summed E-state index contributed by atoms with van der Waals surface area (Å²) in [4.78, 5) is 28.4. The third kappa shape index (κ3) is 5.01. The lowest BCUT2D eigenvalue weighted by atomic mass is 9.95. The van der Waals surface area contributed by atoms with Gasteiger partial charge in [0.2, 0.25) is 0 Å². The summed E-state index contributed by atoms with van der Waals surface area (Å²) >= 11 is 0.